The van der Waals surface area contributed by atoms with E-state index in [2.05, 4.69) is 0 Å². The fourth-order valence-electron chi connectivity index (χ4n) is 7.07. The fraction of sp³-hybridized carbons (Fsp3) is 0. The van der Waals surface area contributed by atoms with Gasteiger partial charge in [-0.25, -0.2) is 0 Å². The van der Waals surface area contributed by atoms with E-state index in [9.17, 15) is 0 Å². The van der Waals surface area contributed by atoms with Crippen molar-refractivity contribution in [2.45, 2.75) is 0 Å². The van der Waals surface area contributed by atoms with Crippen molar-refractivity contribution in [3.63, 3.8) is 0 Å². The topological polar surface area (TPSA) is 73.8 Å². The lowest BCUT2D eigenvalue weighted by atomic mass is 10.0. The lowest BCUT2D eigenvalue weighted by molar-refractivity contribution is 0.455. The summed E-state index contributed by atoms with van der Waals surface area (Å²) in [5, 5.41) is 0. The average Bonchev–Trinajstić information content (AvgIpc) is 3.38. The van der Waals surface area contributed by atoms with Gasteiger partial charge in [-0.1, -0.05) is 72.8 Å². The van der Waals surface area contributed by atoms with E-state index in [1.807, 2.05) is 255 Å². The zero-order valence-electron chi connectivity index (χ0n) is 36.5. The molecule has 10 aromatic rings. The van der Waals surface area contributed by atoms with Gasteiger partial charge in [0.2, 0.25) is 0 Å². The minimum absolute atomic E-state index is 0.544. The number of rotatable bonds is 17. The first-order valence-electron chi connectivity index (χ1n) is 21.9. The van der Waals surface area contributed by atoms with Gasteiger partial charge in [0.1, 0.15) is 92.0 Å². The van der Waals surface area contributed by atoms with Gasteiger partial charge in [0, 0.05) is 11.6 Å². The van der Waals surface area contributed by atoms with Crippen LogP contribution in [0.15, 0.2) is 255 Å². The van der Waals surface area contributed by atoms with Crippen LogP contribution in [0.25, 0.3) is 11.1 Å². The Labute approximate surface area is 394 Å². The van der Waals surface area contributed by atoms with Crippen LogP contribution in [0.2, 0.25) is 0 Å². The summed E-state index contributed by atoms with van der Waals surface area (Å²) in [5.41, 5.74) is 1.52. The third kappa shape index (κ3) is 11.5. The van der Waals surface area contributed by atoms with Gasteiger partial charge in [0.05, 0.1) is 0 Å². The molecule has 330 valence electrons. The minimum Gasteiger partial charge on any atom is -0.457 e. The molecule has 0 atom stereocenters. The Hall–Kier alpha value is -9.40. The first kappa shape index (κ1) is 42.5. The largest absolute Gasteiger partial charge is 0.457 e. The summed E-state index contributed by atoms with van der Waals surface area (Å²) in [5.74, 6) is 10.5. The predicted octanol–water partition coefficient (Wildman–Crippen LogP) is 17.7. The third-order valence-electron chi connectivity index (χ3n) is 10.3. The zero-order valence-corrected chi connectivity index (χ0v) is 36.5. The van der Waals surface area contributed by atoms with Crippen LogP contribution in [0.1, 0.15) is 0 Å². The first-order valence-corrected chi connectivity index (χ1v) is 21.9. The minimum atomic E-state index is 0.544. The van der Waals surface area contributed by atoms with Crippen LogP contribution in [0.3, 0.4) is 0 Å². The van der Waals surface area contributed by atoms with Gasteiger partial charge in [0.15, 0.2) is 0 Å². The van der Waals surface area contributed by atoms with Crippen molar-refractivity contribution in [1.82, 2.24) is 0 Å². The Bertz CT molecular complexity index is 3170. The van der Waals surface area contributed by atoms with Crippen LogP contribution in [-0.4, -0.2) is 0 Å². The molecular formula is C60H42O8. The van der Waals surface area contributed by atoms with E-state index in [0.717, 1.165) is 28.4 Å². The molecule has 10 aromatic carbocycles. The van der Waals surface area contributed by atoms with Gasteiger partial charge in [-0.3, -0.25) is 0 Å². The summed E-state index contributed by atoms with van der Waals surface area (Å²) in [6, 6.07) is 79.9. The molecule has 0 radical (unpaired) electrons. The summed E-state index contributed by atoms with van der Waals surface area (Å²) in [4.78, 5) is 0. The molecule has 8 heteroatoms. The smallest absolute Gasteiger partial charge is 0.135 e. The van der Waals surface area contributed by atoms with E-state index >= 15 is 0 Å². The van der Waals surface area contributed by atoms with Crippen LogP contribution in [0, 0.1) is 0 Å². The Morgan fingerprint density at radius 1 is 0.162 bits per heavy atom. The molecular weight excluding hydrogens is 849 g/mol. The molecule has 0 amide bonds. The summed E-state index contributed by atoms with van der Waals surface area (Å²) >= 11 is 0. The molecule has 0 aliphatic heterocycles. The van der Waals surface area contributed by atoms with Crippen molar-refractivity contribution in [2.75, 3.05) is 0 Å². The summed E-state index contributed by atoms with van der Waals surface area (Å²) in [7, 11) is 0. The molecule has 0 bridgehead atoms. The zero-order chi connectivity index (χ0) is 45.7. The van der Waals surface area contributed by atoms with E-state index in [0.29, 0.717) is 74.7 Å². The molecule has 0 spiro atoms. The molecule has 0 unspecified atom stereocenters. The molecule has 0 heterocycles. The second-order valence-electron chi connectivity index (χ2n) is 15.3. The molecule has 8 nitrogen and oxygen atoms in total. The number of benzene rings is 10. The fourth-order valence-corrected chi connectivity index (χ4v) is 7.07. The molecule has 0 fully saturated rings. The molecule has 0 aromatic heterocycles. The van der Waals surface area contributed by atoms with E-state index in [-0.39, 0.29) is 0 Å². The van der Waals surface area contributed by atoms with Crippen molar-refractivity contribution >= 4 is 0 Å². The second kappa shape index (κ2) is 20.6. The van der Waals surface area contributed by atoms with Gasteiger partial charge < -0.3 is 37.9 Å². The van der Waals surface area contributed by atoms with Gasteiger partial charge >= 0.3 is 0 Å². The highest BCUT2D eigenvalue weighted by atomic mass is 16.5. The van der Waals surface area contributed by atoms with Crippen molar-refractivity contribution in [2.24, 2.45) is 0 Å². The summed E-state index contributed by atoms with van der Waals surface area (Å²) in [6.45, 7) is 0. The number of para-hydroxylation sites is 4. The maximum Gasteiger partial charge on any atom is 0.135 e. The predicted molar refractivity (Wildman–Crippen MR) is 264 cm³/mol. The Kier molecular flexibility index (Phi) is 12.9. The molecule has 10 rings (SSSR count). The van der Waals surface area contributed by atoms with Crippen LogP contribution < -0.4 is 37.9 Å². The Morgan fingerprint density at radius 3 is 0.706 bits per heavy atom. The number of hydrogen-bond donors (Lipinski definition) is 0. The van der Waals surface area contributed by atoms with Gasteiger partial charge in [0.25, 0.3) is 0 Å². The SMILES string of the molecule is c1ccc(Oc2ccc(Oc3ccc(Oc4cc(Oc5ccccc5)cc(-c5cc(Oc6ccc(Oc7ccc(Oc8ccccc8)cc7)cc6)ccc5Oc5ccccc5)c4)cc3)cc2)cc1. The molecule has 68 heavy (non-hydrogen) atoms. The van der Waals surface area contributed by atoms with Crippen molar-refractivity contribution in [1.29, 1.82) is 0 Å². The summed E-state index contributed by atoms with van der Waals surface area (Å²) < 4.78 is 50.0. The third-order valence-corrected chi connectivity index (χ3v) is 10.3. The van der Waals surface area contributed by atoms with Gasteiger partial charge in [-0.05, 0) is 181 Å². The van der Waals surface area contributed by atoms with E-state index in [1.165, 1.54) is 0 Å². The van der Waals surface area contributed by atoms with Crippen molar-refractivity contribution in [3.05, 3.63) is 255 Å². The van der Waals surface area contributed by atoms with Gasteiger partial charge in [-0.2, -0.15) is 0 Å². The highest BCUT2D eigenvalue weighted by molar-refractivity contribution is 5.75. The normalized spacial score (nSPS) is 10.6. The average molecular weight is 891 g/mol. The monoisotopic (exact) mass is 890 g/mol. The lowest BCUT2D eigenvalue weighted by Gasteiger charge is -2.17. The molecule has 0 saturated carbocycles. The Balaban J connectivity index is 0.883. The van der Waals surface area contributed by atoms with Crippen LogP contribution in [0.5, 0.6) is 92.0 Å². The lowest BCUT2D eigenvalue weighted by Crippen LogP contribution is -1.93. The summed E-state index contributed by atoms with van der Waals surface area (Å²) in [6.07, 6.45) is 0. The maximum atomic E-state index is 6.52. The first-order chi connectivity index (χ1) is 33.6. The van der Waals surface area contributed by atoms with Crippen LogP contribution in [-0.2, 0) is 0 Å². The van der Waals surface area contributed by atoms with Crippen molar-refractivity contribution in [3.8, 4) is 103 Å². The van der Waals surface area contributed by atoms with E-state index in [4.69, 9.17) is 37.9 Å². The van der Waals surface area contributed by atoms with Crippen LogP contribution >= 0.6 is 0 Å². The highest BCUT2D eigenvalue weighted by Crippen LogP contribution is 2.42. The Morgan fingerprint density at radius 2 is 0.397 bits per heavy atom. The maximum absolute atomic E-state index is 6.52. The second-order valence-corrected chi connectivity index (χ2v) is 15.3. The molecule has 0 aliphatic carbocycles. The number of hydrogen-bond acceptors (Lipinski definition) is 8. The van der Waals surface area contributed by atoms with E-state index < -0.39 is 0 Å². The van der Waals surface area contributed by atoms with Crippen molar-refractivity contribution < 1.29 is 37.9 Å². The molecule has 0 saturated heterocycles. The quantitative estimate of drug-likeness (QED) is 0.0895. The van der Waals surface area contributed by atoms with Gasteiger partial charge in [-0.15, -0.1) is 0 Å². The van der Waals surface area contributed by atoms with E-state index in [1.54, 1.807) is 0 Å². The number of ether oxygens (including phenoxy) is 8. The molecule has 0 N–H and O–H groups in total. The molecule has 0 aliphatic rings. The highest BCUT2D eigenvalue weighted by Gasteiger charge is 2.16. The van der Waals surface area contributed by atoms with Crippen LogP contribution in [0.4, 0.5) is 0 Å². The standard InChI is InChI=1S/C60H42O8/c1-5-13-44(14-6-1)61-48-21-25-50(26-22-48)63-52-29-33-54(34-30-52)65-56-37-38-60(68-47-19-11-4-12-20-47)59(42-56)43-39-57(66-46-17-9-3-10-18-46)41-58(40-43)67-55-35-31-53(32-36-55)64-51-27-23-49(24-28-51)62-45-15-7-2-8-16-45/h1-42H.